The number of carbonyl (C=O) groups excluding carboxylic acids is 1. The van der Waals surface area contributed by atoms with Crippen LogP contribution in [0.25, 0.3) is 0 Å². The van der Waals surface area contributed by atoms with Crippen LogP contribution in [-0.2, 0) is 4.79 Å². The van der Waals surface area contributed by atoms with Crippen LogP contribution in [0.1, 0.15) is 58.3 Å². The molecule has 4 rings (SSSR count). The molecule has 0 aromatic heterocycles. The summed E-state index contributed by atoms with van der Waals surface area (Å²) in [5.74, 6) is 5.12. The fraction of sp³-hybridized carbons (Fsp3) is 0.750. The maximum atomic E-state index is 11.9. The lowest BCUT2D eigenvalue weighted by molar-refractivity contribution is -0.117. The van der Waals surface area contributed by atoms with E-state index in [4.69, 9.17) is 18.0 Å². The molecule has 0 unspecified atom stereocenters. The number of rotatable bonds is 0. The number of terminal acetylenes is 1. The molecule has 0 saturated heterocycles. The summed E-state index contributed by atoms with van der Waals surface area (Å²) in [6.45, 7) is 2.21. The molecule has 3 saturated carbocycles. The molecular weight excluding hydrogens is 308 g/mol. The van der Waals surface area contributed by atoms with Crippen LogP contribution in [0.4, 0.5) is 0 Å². The van der Waals surface area contributed by atoms with Crippen LogP contribution < -0.4 is 0 Å². The van der Waals surface area contributed by atoms with Crippen molar-refractivity contribution in [3.63, 3.8) is 0 Å². The van der Waals surface area contributed by atoms with Crippen molar-refractivity contribution in [1.29, 1.82) is 0 Å². The molecule has 0 aliphatic heterocycles. The third-order valence-corrected chi connectivity index (χ3v) is 8.26. The van der Waals surface area contributed by atoms with E-state index >= 15 is 0 Å². The highest BCUT2D eigenvalue weighted by atomic mass is 35.5. The molecule has 0 amide bonds. The fourth-order valence-electron chi connectivity index (χ4n) is 6.49. The third kappa shape index (κ3) is 1.96. The molecule has 6 atom stereocenters. The minimum absolute atomic E-state index is 0.139. The van der Waals surface area contributed by atoms with Crippen LogP contribution in [0.3, 0.4) is 0 Å². The van der Waals surface area contributed by atoms with Crippen LogP contribution in [0.2, 0.25) is 0 Å². The van der Waals surface area contributed by atoms with Gasteiger partial charge in [0.25, 0.3) is 0 Å². The van der Waals surface area contributed by atoms with Gasteiger partial charge in [-0.3, -0.25) is 4.79 Å². The average molecular weight is 333 g/mol. The van der Waals surface area contributed by atoms with Gasteiger partial charge in [-0.05, 0) is 74.2 Å². The minimum Gasteiger partial charge on any atom is -0.377 e. The van der Waals surface area contributed by atoms with Crippen molar-refractivity contribution in [2.45, 2.75) is 63.9 Å². The molecule has 124 valence electrons. The molecule has 0 radical (unpaired) electrons. The normalized spacial score (nSPS) is 49.2. The highest BCUT2D eigenvalue weighted by Gasteiger charge is 2.62. The number of hydrogen-bond acceptors (Lipinski definition) is 2. The predicted octanol–water partition coefficient (Wildman–Crippen LogP) is 4.06. The van der Waals surface area contributed by atoms with Gasteiger partial charge in [0.2, 0.25) is 0 Å². The van der Waals surface area contributed by atoms with Gasteiger partial charge in [0, 0.05) is 11.8 Å². The van der Waals surface area contributed by atoms with Gasteiger partial charge < -0.3 is 5.11 Å². The summed E-state index contributed by atoms with van der Waals surface area (Å²) in [5, 5.41) is 11.5. The first-order valence-electron chi connectivity index (χ1n) is 9.03. The largest absolute Gasteiger partial charge is 0.377 e. The maximum absolute atomic E-state index is 11.9. The summed E-state index contributed by atoms with van der Waals surface area (Å²) < 4.78 is 0. The molecule has 4 aliphatic carbocycles. The number of halogens is 1. The Balaban J connectivity index is 1.67. The molecule has 0 aromatic carbocycles. The van der Waals surface area contributed by atoms with Gasteiger partial charge in [0.15, 0.2) is 5.78 Å². The van der Waals surface area contributed by atoms with Gasteiger partial charge >= 0.3 is 0 Å². The van der Waals surface area contributed by atoms with Gasteiger partial charge in [0.1, 0.15) is 5.60 Å². The van der Waals surface area contributed by atoms with E-state index in [9.17, 15) is 9.90 Å². The zero-order valence-electron chi connectivity index (χ0n) is 13.8. The second-order valence-electron chi connectivity index (χ2n) is 8.38. The van der Waals surface area contributed by atoms with E-state index in [-0.39, 0.29) is 11.2 Å². The molecule has 1 N–H and O–H groups in total. The standard InChI is InChI=1S/C20H25ClO2/c1-3-20(23)11-9-16-14-4-5-15-12(6-7-17(22)18(15)21)13(14)8-10-19(16,20)2/h1,12-14,16,23H,4-11H2,2H3/t12-,13-,14-,16+,19+,20+/m1/s1. The molecule has 2 nitrogen and oxygen atoms in total. The lowest BCUT2D eigenvalue weighted by atomic mass is 9.50. The Labute approximate surface area is 143 Å². The topological polar surface area (TPSA) is 37.3 Å². The Morgan fingerprint density at radius 3 is 2.70 bits per heavy atom. The van der Waals surface area contributed by atoms with Crippen molar-refractivity contribution in [1.82, 2.24) is 0 Å². The Morgan fingerprint density at radius 2 is 1.96 bits per heavy atom. The molecular formula is C20H25ClO2. The molecule has 4 aliphatic rings. The highest BCUT2D eigenvalue weighted by molar-refractivity contribution is 6.43. The van der Waals surface area contributed by atoms with Crippen LogP contribution in [0, 0.1) is 41.4 Å². The minimum atomic E-state index is -0.932. The van der Waals surface area contributed by atoms with E-state index in [2.05, 4.69) is 12.8 Å². The first-order valence-corrected chi connectivity index (χ1v) is 9.41. The van der Waals surface area contributed by atoms with Gasteiger partial charge in [-0.25, -0.2) is 0 Å². The Morgan fingerprint density at radius 1 is 1.17 bits per heavy atom. The number of fused-ring (bicyclic) bond motifs is 5. The predicted molar refractivity (Wildman–Crippen MR) is 90.7 cm³/mol. The molecule has 0 heterocycles. The maximum Gasteiger partial charge on any atom is 0.174 e. The van der Waals surface area contributed by atoms with E-state index in [1.807, 2.05) is 0 Å². The third-order valence-electron chi connectivity index (χ3n) is 7.80. The zero-order chi connectivity index (χ0) is 16.4. The zero-order valence-corrected chi connectivity index (χ0v) is 14.5. The van der Waals surface area contributed by atoms with Gasteiger partial charge in [-0.15, -0.1) is 6.42 Å². The first-order chi connectivity index (χ1) is 10.9. The highest BCUT2D eigenvalue weighted by Crippen LogP contribution is 2.65. The molecule has 0 aromatic rings. The van der Waals surface area contributed by atoms with Crippen LogP contribution in [0.5, 0.6) is 0 Å². The van der Waals surface area contributed by atoms with E-state index in [1.54, 1.807) is 0 Å². The monoisotopic (exact) mass is 332 g/mol. The number of allylic oxidation sites excluding steroid dienone is 1. The fourth-order valence-corrected chi connectivity index (χ4v) is 6.82. The van der Waals surface area contributed by atoms with E-state index < -0.39 is 5.60 Å². The second kappa shape index (κ2) is 5.11. The summed E-state index contributed by atoms with van der Waals surface area (Å²) in [4.78, 5) is 11.9. The average Bonchev–Trinajstić information content (AvgIpc) is 2.83. The summed E-state index contributed by atoms with van der Waals surface area (Å²) in [6, 6.07) is 0. The van der Waals surface area contributed by atoms with Gasteiger partial charge in [0.05, 0.1) is 5.03 Å². The van der Waals surface area contributed by atoms with Crippen LogP contribution >= 0.6 is 11.6 Å². The smallest absolute Gasteiger partial charge is 0.174 e. The van der Waals surface area contributed by atoms with Crippen LogP contribution in [0.15, 0.2) is 10.6 Å². The van der Waals surface area contributed by atoms with E-state index in [0.717, 1.165) is 44.9 Å². The van der Waals surface area contributed by atoms with Crippen molar-refractivity contribution in [3.8, 4) is 12.3 Å². The van der Waals surface area contributed by atoms with Gasteiger partial charge in [-0.1, -0.05) is 24.4 Å². The Bertz CT molecular complexity index is 630. The summed E-state index contributed by atoms with van der Waals surface area (Å²) in [6.07, 6.45) is 13.2. The van der Waals surface area contributed by atoms with E-state index in [1.165, 1.54) is 5.57 Å². The lowest BCUT2D eigenvalue weighted by Crippen LogP contribution is -2.52. The molecule has 0 spiro atoms. The Hall–Kier alpha value is -0.780. The molecule has 23 heavy (non-hydrogen) atoms. The van der Waals surface area contributed by atoms with Crippen molar-refractivity contribution < 1.29 is 9.90 Å². The number of Topliss-reactive ketones (excluding diaryl/α,β-unsaturated/α-hetero) is 1. The summed E-state index contributed by atoms with van der Waals surface area (Å²) in [5.41, 5.74) is 0.162. The van der Waals surface area contributed by atoms with Crippen molar-refractivity contribution >= 4 is 17.4 Å². The van der Waals surface area contributed by atoms with Crippen LogP contribution in [-0.4, -0.2) is 16.5 Å². The van der Waals surface area contributed by atoms with Crippen molar-refractivity contribution in [2.75, 3.05) is 0 Å². The molecule has 3 fully saturated rings. The summed E-state index contributed by atoms with van der Waals surface area (Å²) >= 11 is 6.34. The SMILES string of the molecule is C#C[C@]1(O)CC[C@H]2[C@@H]3CCC4=C(Cl)C(=O)CC[C@@H]4[C@H]3CC[C@@]21C. The number of carbonyl (C=O) groups is 1. The molecule has 3 heteroatoms. The first kappa shape index (κ1) is 15.7. The quantitative estimate of drug-likeness (QED) is 0.679. The van der Waals surface area contributed by atoms with Crippen molar-refractivity contribution in [2.24, 2.45) is 29.1 Å². The Kier molecular flexibility index (Phi) is 3.49. The lowest BCUT2D eigenvalue weighted by Gasteiger charge is -2.54. The van der Waals surface area contributed by atoms with Crippen molar-refractivity contribution in [3.05, 3.63) is 10.6 Å². The number of hydrogen-bond donors (Lipinski definition) is 1. The number of aliphatic hydroxyl groups is 1. The second-order valence-corrected chi connectivity index (χ2v) is 8.76. The number of ketones is 1. The van der Waals surface area contributed by atoms with E-state index in [0.29, 0.717) is 35.1 Å². The molecule has 0 bridgehead atoms. The van der Waals surface area contributed by atoms with Gasteiger partial charge in [-0.2, -0.15) is 0 Å². The summed E-state index contributed by atoms with van der Waals surface area (Å²) in [7, 11) is 0.